The van der Waals surface area contributed by atoms with Crippen molar-refractivity contribution in [2.24, 2.45) is 0 Å². The second-order valence-electron chi connectivity index (χ2n) is 11.7. The Bertz CT molecular complexity index is 607. The van der Waals surface area contributed by atoms with Gasteiger partial charge in [0, 0.05) is 32.8 Å². The Hall–Kier alpha value is -0.210. The number of hydroxylamine groups is 3. The quantitative estimate of drug-likeness (QED) is 0.0708. The zero-order valence-electron chi connectivity index (χ0n) is 25.4. The molecule has 0 amide bonds. The fourth-order valence-corrected chi connectivity index (χ4v) is 6.33. The molecule has 0 bridgehead atoms. The van der Waals surface area contributed by atoms with Crippen molar-refractivity contribution in [3.05, 3.63) is 0 Å². The number of rotatable bonds is 28. The summed E-state index contributed by atoms with van der Waals surface area (Å²) in [5.41, 5.74) is 0. The molecule has 0 N–H and O–H groups in total. The number of nitrogens with zero attached hydrogens (tertiary/aromatic N) is 1. The Morgan fingerprint density at radius 2 is 0.921 bits per heavy atom. The van der Waals surface area contributed by atoms with Crippen LogP contribution in [0.3, 0.4) is 0 Å². The molecule has 0 unspecified atom stereocenters. The molecule has 0 aromatic carbocycles. The summed E-state index contributed by atoms with van der Waals surface area (Å²) in [6.45, 7) is 7.74. The first-order chi connectivity index (χ1) is 18.5. The average Bonchev–Trinajstić information content (AvgIpc) is 2.88. The van der Waals surface area contributed by atoms with Gasteiger partial charge < -0.3 is 9.47 Å². The average molecular weight is 563 g/mol. The molecule has 1 saturated heterocycles. The molecule has 0 radical (unpaired) electrons. The van der Waals surface area contributed by atoms with Crippen molar-refractivity contribution in [2.45, 2.75) is 148 Å². The predicted molar refractivity (Wildman–Crippen MR) is 160 cm³/mol. The lowest BCUT2D eigenvalue weighted by Crippen LogP contribution is -2.52. The van der Waals surface area contributed by atoms with E-state index in [1.165, 1.54) is 103 Å². The molecule has 0 saturated carbocycles. The first kappa shape index (κ1) is 35.8. The highest BCUT2D eigenvalue weighted by Crippen LogP contribution is 2.22. The third-order valence-corrected chi connectivity index (χ3v) is 8.34. The van der Waals surface area contributed by atoms with Crippen molar-refractivity contribution in [2.75, 3.05) is 52.3 Å². The maximum absolute atomic E-state index is 11.7. The monoisotopic (exact) mass is 562 g/mol. The van der Waals surface area contributed by atoms with Gasteiger partial charge in [-0.15, -0.1) is 0 Å². The van der Waals surface area contributed by atoms with Crippen LogP contribution >= 0.6 is 0 Å². The molecule has 1 heterocycles. The molecule has 38 heavy (non-hydrogen) atoms. The lowest BCUT2D eigenvalue weighted by molar-refractivity contribution is -1.08. The Kier molecular flexibility index (Phi) is 23.2. The molecule has 228 valence electrons. The van der Waals surface area contributed by atoms with Gasteiger partial charge in [0.1, 0.15) is 19.6 Å². The van der Waals surface area contributed by atoms with E-state index < -0.39 is 10.1 Å². The zero-order valence-corrected chi connectivity index (χ0v) is 26.2. The molecule has 1 aliphatic heterocycles. The van der Waals surface area contributed by atoms with Gasteiger partial charge >= 0.3 is 10.1 Å². The van der Waals surface area contributed by atoms with Gasteiger partial charge in [-0.05, 0) is 38.5 Å². The van der Waals surface area contributed by atoms with Crippen LogP contribution < -0.4 is 0 Å². The summed E-state index contributed by atoms with van der Waals surface area (Å²) < 4.78 is 40.6. The molecule has 0 atom stereocenters. The van der Waals surface area contributed by atoms with Gasteiger partial charge in [0.15, 0.2) is 0 Å². The summed E-state index contributed by atoms with van der Waals surface area (Å²) in [6.07, 6.45) is 29.5. The van der Waals surface area contributed by atoms with E-state index in [0.717, 1.165) is 90.8 Å². The Labute approximate surface area is 237 Å². The van der Waals surface area contributed by atoms with Crippen LogP contribution in [0.1, 0.15) is 148 Å². The summed E-state index contributed by atoms with van der Waals surface area (Å²) in [5.74, 6) is 0. The Morgan fingerprint density at radius 1 is 0.526 bits per heavy atom. The van der Waals surface area contributed by atoms with Crippen LogP contribution in [0.2, 0.25) is 0 Å². The topological polar surface area (TPSA) is 61.8 Å². The van der Waals surface area contributed by atoms with Crippen molar-refractivity contribution >= 4 is 10.1 Å². The Morgan fingerprint density at radius 3 is 1.37 bits per heavy atom. The summed E-state index contributed by atoms with van der Waals surface area (Å²) in [6, 6.07) is 0. The van der Waals surface area contributed by atoms with Crippen molar-refractivity contribution in [3.63, 3.8) is 0 Å². The standard InChI is InChI=1S/C31H64NO5S/c1-3-4-5-6-7-8-9-10-11-12-13-14-15-16-17-22-28-35-30-24-31-36-29-23-21-27-32(37-38(2,33)34)25-19-18-20-26-32/h3-31H2,1-2H3/q+1. The summed E-state index contributed by atoms with van der Waals surface area (Å²) in [4.78, 5) is 0. The number of hydrogen-bond donors (Lipinski definition) is 0. The van der Waals surface area contributed by atoms with Gasteiger partial charge in [0.2, 0.25) is 0 Å². The van der Waals surface area contributed by atoms with E-state index >= 15 is 0 Å². The number of hydrogen-bond acceptors (Lipinski definition) is 5. The number of likely N-dealkylation sites (tertiary alicyclic amines) is 1. The highest BCUT2D eigenvalue weighted by atomic mass is 32.2. The van der Waals surface area contributed by atoms with Gasteiger partial charge in [-0.3, -0.25) is 0 Å². The van der Waals surface area contributed by atoms with Crippen LogP contribution in [0.4, 0.5) is 0 Å². The maximum atomic E-state index is 11.7. The van der Waals surface area contributed by atoms with E-state index in [4.69, 9.17) is 13.8 Å². The van der Waals surface area contributed by atoms with Gasteiger partial charge in [-0.1, -0.05) is 108 Å². The highest BCUT2D eigenvalue weighted by molar-refractivity contribution is 7.85. The number of piperidine rings is 1. The Balaban J connectivity index is 1.77. The molecule has 1 rings (SSSR count). The van der Waals surface area contributed by atoms with E-state index in [-0.39, 0.29) is 4.65 Å². The van der Waals surface area contributed by atoms with Crippen LogP contribution in [-0.4, -0.2) is 65.4 Å². The molecule has 6 nitrogen and oxygen atoms in total. The minimum absolute atomic E-state index is 0.270. The minimum atomic E-state index is -3.43. The normalized spacial score (nSPS) is 15.7. The highest BCUT2D eigenvalue weighted by Gasteiger charge is 2.35. The van der Waals surface area contributed by atoms with Gasteiger partial charge in [0.05, 0.1) is 6.26 Å². The van der Waals surface area contributed by atoms with Crippen molar-refractivity contribution < 1.29 is 26.8 Å². The maximum Gasteiger partial charge on any atom is 0.311 e. The summed E-state index contributed by atoms with van der Waals surface area (Å²) in [5, 5.41) is 0. The van der Waals surface area contributed by atoms with Crippen molar-refractivity contribution in [3.8, 4) is 0 Å². The lowest BCUT2D eigenvalue weighted by atomic mass is 10.0. The van der Waals surface area contributed by atoms with Gasteiger partial charge in [-0.2, -0.15) is 13.1 Å². The SMILES string of the molecule is CCCCCCCCCCCCCCCCCCOCCCOCCCC[N+]1(OS(C)(=O)=O)CCCCC1. The van der Waals surface area contributed by atoms with Crippen LogP contribution in [-0.2, 0) is 23.9 Å². The summed E-state index contributed by atoms with van der Waals surface area (Å²) in [7, 11) is -3.43. The third-order valence-electron chi connectivity index (χ3n) is 7.75. The van der Waals surface area contributed by atoms with Crippen molar-refractivity contribution in [1.82, 2.24) is 0 Å². The first-order valence-electron chi connectivity index (χ1n) is 16.4. The molecule has 0 aromatic rings. The predicted octanol–water partition coefficient (Wildman–Crippen LogP) is 8.34. The number of unbranched alkanes of at least 4 members (excludes halogenated alkanes) is 16. The third kappa shape index (κ3) is 22.6. The molecule has 0 aromatic heterocycles. The van der Waals surface area contributed by atoms with Crippen LogP contribution in [0.15, 0.2) is 0 Å². The molecule has 1 fully saturated rings. The molecular formula is C31H64NO5S+. The van der Waals surface area contributed by atoms with E-state index in [0.29, 0.717) is 0 Å². The smallest absolute Gasteiger partial charge is 0.311 e. The zero-order chi connectivity index (χ0) is 27.6. The van der Waals surface area contributed by atoms with Crippen LogP contribution in [0, 0.1) is 0 Å². The largest absolute Gasteiger partial charge is 0.381 e. The van der Waals surface area contributed by atoms with E-state index in [9.17, 15) is 8.42 Å². The summed E-state index contributed by atoms with van der Waals surface area (Å²) >= 11 is 0. The molecule has 0 aliphatic carbocycles. The second-order valence-corrected chi connectivity index (χ2v) is 13.2. The van der Waals surface area contributed by atoms with Crippen molar-refractivity contribution in [1.29, 1.82) is 0 Å². The fraction of sp³-hybridized carbons (Fsp3) is 1.00. The molecule has 1 aliphatic rings. The first-order valence-corrected chi connectivity index (χ1v) is 18.2. The van der Waals surface area contributed by atoms with Crippen LogP contribution in [0.5, 0.6) is 0 Å². The van der Waals surface area contributed by atoms with E-state index in [2.05, 4.69) is 6.92 Å². The second kappa shape index (κ2) is 24.6. The number of ether oxygens (including phenoxy) is 2. The molecule has 7 heteroatoms. The lowest BCUT2D eigenvalue weighted by Gasteiger charge is -2.36. The molecule has 0 spiro atoms. The van der Waals surface area contributed by atoms with Gasteiger partial charge in [0.25, 0.3) is 0 Å². The van der Waals surface area contributed by atoms with Crippen LogP contribution in [0.25, 0.3) is 0 Å². The number of quaternary nitrogens is 1. The van der Waals surface area contributed by atoms with E-state index in [1.54, 1.807) is 0 Å². The van der Waals surface area contributed by atoms with E-state index in [1.807, 2.05) is 0 Å². The van der Waals surface area contributed by atoms with Gasteiger partial charge in [-0.25, -0.2) is 0 Å². The molecular weight excluding hydrogens is 498 g/mol. The minimum Gasteiger partial charge on any atom is -0.381 e. The fourth-order valence-electron chi connectivity index (χ4n) is 5.53.